The van der Waals surface area contributed by atoms with Gasteiger partial charge in [0.05, 0.1) is 9.30 Å². The van der Waals surface area contributed by atoms with Crippen molar-refractivity contribution in [2.45, 2.75) is 31.0 Å². The highest BCUT2D eigenvalue weighted by atomic mass is 31.3. The number of phosphoric acid groups is 3. The standard InChI is InChI=1S/C11H16N3O15P3/c1-2-3-11(18)8(16)6(27-9(11)14-10(17)13-7(15)4-12-14)5-26-31(22,23)29-32(24,25)28-30(19,20)21/h4,6,8-9,16,18H,5H2,1H3,(H,22,23)(H,24,25)(H,13,15,17)(H2,19,20,21)/t6-,8+,9-,11?/m1/s1/i5D2. The topological polar surface area (TPSA) is 277 Å². The van der Waals surface area contributed by atoms with Crippen LogP contribution in [0, 0.1) is 11.8 Å². The van der Waals surface area contributed by atoms with Crippen LogP contribution in [0.3, 0.4) is 0 Å². The molecule has 0 saturated carbocycles. The van der Waals surface area contributed by atoms with Gasteiger partial charge >= 0.3 is 29.2 Å². The van der Waals surface area contributed by atoms with Crippen LogP contribution in [0.2, 0.25) is 0 Å². The number of hydrogen-bond acceptors (Lipinski definition) is 12. The van der Waals surface area contributed by atoms with E-state index in [2.05, 4.69) is 30.1 Å². The molecule has 0 amide bonds. The minimum absolute atomic E-state index is 0.260. The van der Waals surface area contributed by atoms with E-state index in [0.29, 0.717) is 6.20 Å². The molecule has 2 heterocycles. The summed E-state index contributed by atoms with van der Waals surface area (Å²) in [4.78, 5) is 60.8. The van der Waals surface area contributed by atoms with Gasteiger partial charge in [0.1, 0.15) is 18.4 Å². The molecule has 1 fully saturated rings. The van der Waals surface area contributed by atoms with Crippen LogP contribution < -0.4 is 11.2 Å². The third-order valence-electron chi connectivity index (χ3n) is 3.37. The zero-order chi connectivity index (χ0) is 26.3. The van der Waals surface area contributed by atoms with Crippen LogP contribution in [0.1, 0.15) is 15.9 Å². The van der Waals surface area contributed by atoms with Crippen molar-refractivity contribution in [1.29, 1.82) is 0 Å². The van der Waals surface area contributed by atoms with E-state index in [1.165, 1.54) is 6.92 Å². The SMILES string of the molecule is [2H]C([2H])(OP(=O)(O)OP(=O)(O)OP(=O)(O)O)[C@H]1O[C@@H](n2ncc(=O)[nH]c2=O)C(O)(C#CC)[C@H]1O. The number of aliphatic hydroxyl groups is 2. The molecule has 1 saturated heterocycles. The van der Waals surface area contributed by atoms with Gasteiger partial charge in [-0.2, -0.15) is 18.4 Å². The summed E-state index contributed by atoms with van der Waals surface area (Å²) >= 11 is 0. The molecule has 0 aliphatic carbocycles. The number of ether oxygens (including phenoxy) is 1. The summed E-state index contributed by atoms with van der Waals surface area (Å²) in [5, 5.41) is 24.7. The number of hydrogen-bond donors (Lipinski definition) is 7. The molecule has 1 aromatic heterocycles. The van der Waals surface area contributed by atoms with Crippen molar-refractivity contribution < 1.29 is 64.1 Å². The fourth-order valence-electron chi connectivity index (χ4n) is 2.31. The summed E-state index contributed by atoms with van der Waals surface area (Å²) in [6, 6.07) is 0. The van der Waals surface area contributed by atoms with Crippen LogP contribution in [0.4, 0.5) is 0 Å². The van der Waals surface area contributed by atoms with Crippen LogP contribution in [-0.4, -0.2) is 68.9 Å². The van der Waals surface area contributed by atoms with Crippen molar-refractivity contribution in [2.24, 2.45) is 0 Å². The van der Waals surface area contributed by atoms with Gasteiger partial charge < -0.3 is 34.5 Å². The van der Waals surface area contributed by atoms with E-state index in [9.17, 15) is 38.4 Å². The zero-order valence-corrected chi connectivity index (χ0v) is 18.1. The number of rotatable bonds is 8. The number of aromatic amines is 1. The molecule has 1 aromatic rings. The molecule has 6 atom stereocenters. The Morgan fingerprint density at radius 2 is 1.91 bits per heavy atom. The number of H-pyrrole nitrogens is 1. The Morgan fingerprint density at radius 3 is 2.44 bits per heavy atom. The molecule has 1 aliphatic heterocycles. The van der Waals surface area contributed by atoms with Gasteiger partial charge in [-0.1, -0.05) is 5.92 Å². The van der Waals surface area contributed by atoms with Crippen molar-refractivity contribution in [3.8, 4) is 11.8 Å². The average molecular weight is 525 g/mol. The van der Waals surface area contributed by atoms with Crippen LogP contribution in [0.5, 0.6) is 0 Å². The summed E-state index contributed by atoms with van der Waals surface area (Å²) in [6.07, 6.45) is -6.53. The molecule has 18 nitrogen and oxygen atoms in total. The quantitative estimate of drug-likeness (QED) is 0.134. The fraction of sp³-hybridized carbons (Fsp3) is 0.545. The minimum Gasteiger partial charge on any atom is -0.386 e. The Bertz CT molecular complexity index is 1270. The minimum atomic E-state index is -6.06. The summed E-state index contributed by atoms with van der Waals surface area (Å²) in [7, 11) is -17.8. The second-order valence-electron chi connectivity index (χ2n) is 5.74. The molecule has 0 radical (unpaired) electrons. The van der Waals surface area contributed by atoms with Gasteiger partial charge in [-0.25, -0.2) is 18.5 Å². The third-order valence-corrected chi connectivity index (χ3v) is 7.04. The first-order chi connectivity index (χ1) is 15.2. The Balaban J connectivity index is 2.41. The molecule has 2 rings (SSSR count). The van der Waals surface area contributed by atoms with E-state index in [-0.39, 0.29) is 4.68 Å². The summed E-state index contributed by atoms with van der Waals surface area (Å²) in [5.41, 5.74) is -5.10. The zero-order valence-electron chi connectivity index (χ0n) is 17.4. The van der Waals surface area contributed by atoms with E-state index >= 15 is 0 Å². The smallest absolute Gasteiger partial charge is 0.386 e. The molecule has 3 unspecified atom stereocenters. The molecule has 0 aromatic carbocycles. The van der Waals surface area contributed by atoms with Crippen molar-refractivity contribution in [3.05, 3.63) is 27.0 Å². The number of nitrogens with zero attached hydrogens (tertiary/aromatic N) is 2. The average Bonchev–Trinajstić information content (AvgIpc) is 2.83. The molecule has 21 heteroatoms. The number of phosphoric ester groups is 1. The molecule has 32 heavy (non-hydrogen) atoms. The van der Waals surface area contributed by atoms with Gasteiger partial charge in [-0.05, 0) is 6.92 Å². The first kappa shape index (κ1) is 23.6. The number of aromatic nitrogens is 3. The van der Waals surface area contributed by atoms with Gasteiger partial charge in [0.2, 0.25) is 5.60 Å². The molecular formula is C11H16N3O15P3. The highest BCUT2D eigenvalue weighted by Crippen LogP contribution is 2.66. The van der Waals surface area contributed by atoms with Crippen molar-refractivity contribution in [2.75, 3.05) is 6.56 Å². The summed E-state index contributed by atoms with van der Waals surface area (Å²) in [6.45, 7) is -2.53. The first-order valence-electron chi connectivity index (χ1n) is 8.75. The van der Waals surface area contributed by atoms with E-state index in [0.717, 1.165) is 0 Å². The van der Waals surface area contributed by atoms with Gasteiger partial charge in [-0.15, -0.1) is 5.92 Å². The van der Waals surface area contributed by atoms with Gasteiger partial charge in [-0.3, -0.25) is 14.3 Å². The maximum atomic E-state index is 12.0. The lowest BCUT2D eigenvalue weighted by atomic mass is 9.95. The maximum Gasteiger partial charge on any atom is 0.490 e. The van der Waals surface area contributed by atoms with Crippen molar-refractivity contribution >= 4 is 23.5 Å². The van der Waals surface area contributed by atoms with Gasteiger partial charge in [0.15, 0.2) is 6.23 Å². The van der Waals surface area contributed by atoms with E-state index in [4.69, 9.17) is 22.2 Å². The highest BCUT2D eigenvalue weighted by Gasteiger charge is 2.57. The van der Waals surface area contributed by atoms with Crippen LogP contribution in [-0.2, 0) is 31.6 Å². The molecule has 0 bridgehead atoms. The Labute approximate surface area is 179 Å². The van der Waals surface area contributed by atoms with Crippen molar-refractivity contribution in [3.63, 3.8) is 0 Å². The molecule has 7 N–H and O–H groups in total. The normalized spacial score (nSPS) is 30.9. The third kappa shape index (κ3) is 6.50. The lowest BCUT2D eigenvalue weighted by Gasteiger charge is -2.25. The van der Waals surface area contributed by atoms with Gasteiger partial charge in [0.25, 0.3) is 5.56 Å². The molecule has 1 aliphatic rings. The van der Waals surface area contributed by atoms with E-state index < -0.39 is 65.3 Å². The lowest BCUT2D eigenvalue weighted by Crippen LogP contribution is -2.49. The van der Waals surface area contributed by atoms with Crippen LogP contribution in [0.25, 0.3) is 0 Å². The lowest BCUT2D eigenvalue weighted by molar-refractivity contribution is -0.0834. The Hall–Kier alpha value is -1.54. The first-order valence-corrected chi connectivity index (χ1v) is 12.3. The fourth-order valence-corrected chi connectivity index (χ4v) is 5.19. The highest BCUT2D eigenvalue weighted by molar-refractivity contribution is 7.66. The van der Waals surface area contributed by atoms with Crippen LogP contribution >= 0.6 is 23.5 Å². The van der Waals surface area contributed by atoms with Crippen LogP contribution in [0.15, 0.2) is 15.8 Å². The van der Waals surface area contributed by atoms with Crippen molar-refractivity contribution in [1.82, 2.24) is 14.8 Å². The van der Waals surface area contributed by atoms with Gasteiger partial charge in [0, 0.05) is 0 Å². The molecule has 180 valence electrons. The maximum absolute atomic E-state index is 12.0. The predicted molar refractivity (Wildman–Crippen MR) is 97.3 cm³/mol. The number of nitrogens with one attached hydrogen (secondary N) is 1. The molecular weight excluding hydrogens is 507 g/mol. The van der Waals surface area contributed by atoms with E-state index in [1.54, 1.807) is 4.98 Å². The largest absolute Gasteiger partial charge is 0.490 e. The summed E-state index contributed by atoms with van der Waals surface area (Å²) < 4.78 is 66.0. The monoisotopic (exact) mass is 525 g/mol. The summed E-state index contributed by atoms with van der Waals surface area (Å²) in [5.74, 6) is 4.23. The second kappa shape index (κ2) is 9.37. The molecule has 0 spiro atoms. The Morgan fingerprint density at radius 1 is 1.28 bits per heavy atom. The second-order valence-corrected chi connectivity index (χ2v) is 10.1. The predicted octanol–water partition coefficient (Wildman–Crippen LogP) is -2.71. The number of aliphatic hydroxyl groups excluding tert-OH is 1. The Kier molecular flexibility index (Phi) is 6.92. The van der Waals surface area contributed by atoms with E-state index in [1.807, 2.05) is 0 Å².